The van der Waals surface area contributed by atoms with E-state index in [1.54, 1.807) is 35.5 Å². The molecule has 7 heteroatoms. The average molecular weight is 256 g/mol. The lowest BCUT2D eigenvalue weighted by molar-refractivity contribution is 0.568. The van der Waals surface area contributed by atoms with Crippen LogP contribution in [0, 0.1) is 0 Å². The molecule has 0 amide bonds. The number of aromatic nitrogens is 4. The number of anilines is 1. The Morgan fingerprint density at radius 1 is 1.32 bits per heavy atom. The smallest absolute Gasteiger partial charge is 0.165 e. The van der Waals surface area contributed by atoms with E-state index in [4.69, 9.17) is 10.3 Å². The third-order valence-corrected chi connectivity index (χ3v) is 2.65. The van der Waals surface area contributed by atoms with Crippen molar-refractivity contribution >= 4 is 5.82 Å². The molecule has 0 radical (unpaired) electrons. The highest BCUT2D eigenvalue weighted by Gasteiger charge is 2.10. The molecule has 3 aromatic heterocycles. The second kappa shape index (κ2) is 4.54. The number of nitrogens with two attached hydrogens (primary N) is 1. The van der Waals surface area contributed by atoms with Crippen molar-refractivity contribution < 1.29 is 4.42 Å². The van der Waals surface area contributed by atoms with E-state index in [-0.39, 0.29) is 0 Å². The van der Waals surface area contributed by atoms with E-state index in [0.29, 0.717) is 11.6 Å². The molecule has 3 heterocycles. The van der Waals surface area contributed by atoms with Crippen LogP contribution in [0.1, 0.15) is 0 Å². The molecule has 96 valence electrons. The third-order valence-electron chi connectivity index (χ3n) is 2.65. The fourth-order valence-electron chi connectivity index (χ4n) is 1.74. The topological polar surface area (TPSA) is 94.8 Å². The number of aryl methyl sites for hydroxylation is 1. The summed E-state index contributed by atoms with van der Waals surface area (Å²) >= 11 is 0. The summed E-state index contributed by atoms with van der Waals surface area (Å²) in [7, 11) is 1.85. The zero-order chi connectivity index (χ0) is 13.2. The number of furan rings is 1. The van der Waals surface area contributed by atoms with Gasteiger partial charge in [-0.2, -0.15) is 5.10 Å². The first-order valence-electron chi connectivity index (χ1n) is 5.63. The Balaban J connectivity index is 2.12. The van der Waals surface area contributed by atoms with Gasteiger partial charge in [-0.1, -0.05) is 0 Å². The second-order valence-corrected chi connectivity index (χ2v) is 4.02. The SMILES string of the molecule is Cn1cc(-c2cc(NN)nc(-c3ccoc3)n2)cn1. The van der Waals surface area contributed by atoms with Gasteiger partial charge in [0.2, 0.25) is 0 Å². The van der Waals surface area contributed by atoms with Gasteiger partial charge in [-0.05, 0) is 6.07 Å². The Hall–Kier alpha value is -2.67. The quantitative estimate of drug-likeness (QED) is 0.543. The molecule has 19 heavy (non-hydrogen) atoms. The molecule has 0 aliphatic heterocycles. The number of nitrogens with zero attached hydrogens (tertiary/aromatic N) is 4. The predicted molar refractivity (Wildman–Crippen MR) is 69.7 cm³/mol. The van der Waals surface area contributed by atoms with Crippen molar-refractivity contribution in [3.63, 3.8) is 0 Å². The van der Waals surface area contributed by atoms with Gasteiger partial charge in [0.05, 0.1) is 23.7 Å². The Kier molecular flexibility index (Phi) is 2.73. The summed E-state index contributed by atoms with van der Waals surface area (Å²) < 4.78 is 6.76. The molecule has 0 aliphatic rings. The van der Waals surface area contributed by atoms with Gasteiger partial charge in [0, 0.05) is 24.9 Å². The van der Waals surface area contributed by atoms with Crippen LogP contribution in [-0.4, -0.2) is 19.7 Å². The first-order valence-corrected chi connectivity index (χ1v) is 5.63. The van der Waals surface area contributed by atoms with Crippen LogP contribution in [-0.2, 0) is 7.05 Å². The van der Waals surface area contributed by atoms with Gasteiger partial charge in [0.15, 0.2) is 5.82 Å². The maximum absolute atomic E-state index is 5.44. The van der Waals surface area contributed by atoms with Crippen LogP contribution in [0.15, 0.2) is 41.5 Å². The largest absolute Gasteiger partial charge is 0.472 e. The zero-order valence-corrected chi connectivity index (χ0v) is 10.2. The van der Waals surface area contributed by atoms with Crippen LogP contribution in [0.3, 0.4) is 0 Å². The van der Waals surface area contributed by atoms with Crippen LogP contribution in [0.5, 0.6) is 0 Å². The van der Waals surface area contributed by atoms with Crippen molar-refractivity contribution in [2.45, 2.75) is 0 Å². The van der Waals surface area contributed by atoms with Gasteiger partial charge in [0.1, 0.15) is 12.1 Å². The fourth-order valence-corrected chi connectivity index (χ4v) is 1.74. The second-order valence-electron chi connectivity index (χ2n) is 4.02. The van der Waals surface area contributed by atoms with Crippen molar-refractivity contribution in [1.29, 1.82) is 0 Å². The molecular weight excluding hydrogens is 244 g/mol. The van der Waals surface area contributed by atoms with Crippen molar-refractivity contribution in [1.82, 2.24) is 19.7 Å². The van der Waals surface area contributed by atoms with Crippen molar-refractivity contribution in [3.8, 4) is 22.6 Å². The highest BCUT2D eigenvalue weighted by atomic mass is 16.3. The lowest BCUT2D eigenvalue weighted by atomic mass is 10.2. The monoisotopic (exact) mass is 256 g/mol. The molecule has 0 unspecified atom stereocenters. The molecule has 0 aliphatic carbocycles. The van der Waals surface area contributed by atoms with Gasteiger partial charge < -0.3 is 9.84 Å². The summed E-state index contributed by atoms with van der Waals surface area (Å²) in [6, 6.07) is 3.56. The van der Waals surface area contributed by atoms with Crippen molar-refractivity contribution in [3.05, 3.63) is 37.1 Å². The first kappa shape index (κ1) is 11.4. The molecule has 0 spiro atoms. The number of nitrogens with one attached hydrogen (secondary N) is 1. The molecule has 0 bridgehead atoms. The molecule has 7 nitrogen and oxygen atoms in total. The van der Waals surface area contributed by atoms with Crippen LogP contribution in [0.25, 0.3) is 22.6 Å². The van der Waals surface area contributed by atoms with Gasteiger partial charge in [-0.25, -0.2) is 15.8 Å². The predicted octanol–water partition coefficient (Wildman–Crippen LogP) is 1.42. The van der Waals surface area contributed by atoms with Crippen molar-refractivity contribution in [2.75, 3.05) is 5.43 Å². The maximum atomic E-state index is 5.44. The summed E-state index contributed by atoms with van der Waals surface area (Å²) in [6.07, 6.45) is 6.77. The van der Waals surface area contributed by atoms with E-state index in [2.05, 4.69) is 20.5 Å². The van der Waals surface area contributed by atoms with E-state index < -0.39 is 0 Å². The summed E-state index contributed by atoms with van der Waals surface area (Å²) in [5.41, 5.74) is 4.97. The fraction of sp³-hybridized carbons (Fsp3) is 0.0833. The number of hydrogen-bond acceptors (Lipinski definition) is 6. The van der Waals surface area contributed by atoms with Crippen LogP contribution in [0.4, 0.5) is 5.82 Å². The molecule has 3 aromatic rings. The molecule has 0 fully saturated rings. The first-order chi connectivity index (χ1) is 9.26. The number of nitrogen functional groups attached to an aromatic ring is 1. The molecule has 0 atom stereocenters. The summed E-state index contributed by atoms with van der Waals surface area (Å²) in [5, 5.41) is 4.13. The van der Waals surface area contributed by atoms with Gasteiger partial charge in [0.25, 0.3) is 0 Å². The molecule has 3 rings (SSSR count). The van der Waals surface area contributed by atoms with Crippen LogP contribution < -0.4 is 11.3 Å². The highest BCUT2D eigenvalue weighted by Crippen LogP contribution is 2.23. The van der Waals surface area contributed by atoms with E-state index in [0.717, 1.165) is 16.8 Å². The van der Waals surface area contributed by atoms with Gasteiger partial charge >= 0.3 is 0 Å². The lowest BCUT2D eigenvalue weighted by Gasteiger charge is -2.05. The van der Waals surface area contributed by atoms with E-state index in [1.165, 1.54) is 0 Å². The molecule has 0 saturated carbocycles. The molecule has 0 saturated heterocycles. The van der Waals surface area contributed by atoms with Gasteiger partial charge in [-0.15, -0.1) is 0 Å². The lowest BCUT2D eigenvalue weighted by Crippen LogP contribution is -2.09. The Bertz CT molecular complexity index is 688. The minimum atomic E-state index is 0.532. The minimum Gasteiger partial charge on any atom is -0.472 e. The van der Waals surface area contributed by atoms with Crippen LogP contribution >= 0.6 is 0 Å². The highest BCUT2D eigenvalue weighted by molar-refractivity contribution is 5.65. The Morgan fingerprint density at radius 3 is 2.84 bits per heavy atom. The molecule has 0 aromatic carbocycles. The number of hydrazine groups is 1. The molecule has 3 N–H and O–H groups in total. The van der Waals surface area contributed by atoms with E-state index in [9.17, 15) is 0 Å². The standard InChI is InChI=1S/C12H12N6O/c1-18-6-9(5-14-18)10-4-11(17-13)16-12(15-10)8-2-3-19-7-8/h2-7H,13H2,1H3,(H,15,16,17). The van der Waals surface area contributed by atoms with E-state index in [1.807, 2.05) is 13.2 Å². The molecular formula is C12H12N6O. The zero-order valence-electron chi connectivity index (χ0n) is 10.2. The maximum Gasteiger partial charge on any atom is 0.165 e. The third kappa shape index (κ3) is 2.18. The average Bonchev–Trinajstić information content (AvgIpc) is 3.09. The van der Waals surface area contributed by atoms with Crippen LogP contribution in [0.2, 0.25) is 0 Å². The number of hydrogen-bond donors (Lipinski definition) is 2. The van der Waals surface area contributed by atoms with Gasteiger partial charge in [-0.3, -0.25) is 4.68 Å². The summed E-state index contributed by atoms with van der Waals surface area (Å²) in [5.74, 6) is 6.52. The number of rotatable bonds is 3. The summed E-state index contributed by atoms with van der Waals surface area (Å²) in [6.45, 7) is 0. The van der Waals surface area contributed by atoms with Crippen molar-refractivity contribution in [2.24, 2.45) is 12.9 Å². The minimum absolute atomic E-state index is 0.532. The van der Waals surface area contributed by atoms with E-state index >= 15 is 0 Å². The normalized spacial score (nSPS) is 10.6. The Morgan fingerprint density at radius 2 is 2.21 bits per heavy atom. The summed E-state index contributed by atoms with van der Waals surface area (Å²) in [4.78, 5) is 8.78. The Labute approximate surface area is 109 Å².